The van der Waals surface area contributed by atoms with E-state index in [1.165, 1.54) is 10.9 Å². The van der Waals surface area contributed by atoms with E-state index in [-0.39, 0.29) is 6.04 Å². The average Bonchev–Trinajstić information content (AvgIpc) is 2.53. The van der Waals surface area contributed by atoms with Gasteiger partial charge in [-0.1, -0.05) is 30.3 Å². The third-order valence-electron chi connectivity index (χ3n) is 3.90. The second-order valence-corrected chi connectivity index (χ2v) is 6.11. The van der Waals surface area contributed by atoms with Gasteiger partial charge in [-0.25, -0.2) is 0 Å². The highest BCUT2D eigenvalue weighted by atomic mass is 32.2. The normalized spacial score (nSPS) is 12.8. The van der Waals surface area contributed by atoms with Crippen LogP contribution in [-0.4, -0.2) is 44.2 Å². The molecule has 0 aliphatic rings. The number of nitrogens with two attached hydrogens (primary N) is 1. The van der Waals surface area contributed by atoms with Crippen LogP contribution in [0, 0.1) is 0 Å². The van der Waals surface area contributed by atoms with E-state index in [0.29, 0.717) is 6.54 Å². The van der Waals surface area contributed by atoms with Crippen LogP contribution in [0.2, 0.25) is 0 Å². The molecule has 114 valence electrons. The third kappa shape index (κ3) is 3.51. The van der Waals surface area contributed by atoms with Crippen molar-refractivity contribution in [2.24, 2.45) is 5.73 Å². The van der Waals surface area contributed by atoms with Crippen molar-refractivity contribution in [3.8, 4) is 5.75 Å². The van der Waals surface area contributed by atoms with Gasteiger partial charge >= 0.3 is 0 Å². The summed E-state index contributed by atoms with van der Waals surface area (Å²) in [4.78, 5) is 2.34. The van der Waals surface area contributed by atoms with Gasteiger partial charge in [0.05, 0.1) is 7.11 Å². The Morgan fingerprint density at radius 3 is 2.52 bits per heavy atom. The highest BCUT2D eigenvalue weighted by molar-refractivity contribution is 7.98. The second-order valence-electron chi connectivity index (χ2n) is 5.13. The molecule has 0 radical (unpaired) electrons. The summed E-state index contributed by atoms with van der Waals surface area (Å²) in [7, 11) is 3.86. The van der Waals surface area contributed by atoms with Gasteiger partial charge in [0.2, 0.25) is 0 Å². The Labute approximate surface area is 131 Å². The molecule has 0 saturated carbocycles. The van der Waals surface area contributed by atoms with Gasteiger partial charge in [-0.15, -0.1) is 0 Å². The van der Waals surface area contributed by atoms with Crippen LogP contribution in [0.3, 0.4) is 0 Å². The molecule has 21 heavy (non-hydrogen) atoms. The van der Waals surface area contributed by atoms with Crippen molar-refractivity contribution in [2.75, 3.05) is 39.3 Å². The SMILES string of the molecule is COc1ccc(C(CN)N(C)CCSC)c2ccccc12. The molecule has 0 aliphatic carbocycles. The maximum Gasteiger partial charge on any atom is 0.126 e. The zero-order valence-electron chi connectivity index (χ0n) is 13.0. The van der Waals surface area contributed by atoms with Crippen molar-refractivity contribution in [2.45, 2.75) is 6.04 Å². The van der Waals surface area contributed by atoms with Crippen molar-refractivity contribution in [3.63, 3.8) is 0 Å². The van der Waals surface area contributed by atoms with Crippen molar-refractivity contribution < 1.29 is 4.74 Å². The van der Waals surface area contributed by atoms with Gasteiger partial charge in [0.15, 0.2) is 0 Å². The summed E-state index contributed by atoms with van der Waals surface area (Å²) < 4.78 is 5.47. The van der Waals surface area contributed by atoms with Crippen molar-refractivity contribution in [1.29, 1.82) is 0 Å². The molecule has 3 nitrogen and oxygen atoms in total. The van der Waals surface area contributed by atoms with Gasteiger partial charge in [-0.2, -0.15) is 11.8 Å². The molecular weight excluding hydrogens is 280 g/mol. The first-order valence-corrected chi connectivity index (χ1v) is 8.57. The van der Waals surface area contributed by atoms with Crippen LogP contribution in [0.15, 0.2) is 36.4 Å². The Balaban J connectivity index is 2.44. The summed E-state index contributed by atoms with van der Waals surface area (Å²) in [5.74, 6) is 2.03. The molecule has 0 bridgehead atoms. The number of benzene rings is 2. The van der Waals surface area contributed by atoms with Crippen LogP contribution < -0.4 is 10.5 Å². The number of ether oxygens (including phenoxy) is 1. The van der Waals surface area contributed by atoms with Crippen LogP contribution in [0.1, 0.15) is 11.6 Å². The quantitative estimate of drug-likeness (QED) is 0.853. The zero-order chi connectivity index (χ0) is 15.2. The molecule has 0 aromatic heterocycles. The lowest BCUT2D eigenvalue weighted by Gasteiger charge is -2.28. The minimum atomic E-state index is 0.230. The van der Waals surface area contributed by atoms with E-state index in [4.69, 9.17) is 10.5 Å². The summed E-state index contributed by atoms with van der Waals surface area (Å²) in [6.45, 7) is 1.64. The lowest BCUT2D eigenvalue weighted by molar-refractivity contribution is 0.267. The van der Waals surface area contributed by atoms with Gasteiger partial charge in [0, 0.05) is 30.3 Å². The number of hydrogen-bond donors (Lipinski definition) is 1. The molecule has 2 rings (SSSR count). The first-order chi connectivity index (χ1) is 10.2. The maximum absolute atomic E-state index is 6.06. The number of methoxy groups -OCH3 is 1. The molecule has 0 heterocycles. The number of thioether (sulfide) groups is 1. The van der Waals surface area contributed by atoms with E-state index in [9.17, 15) is 0 Å². The van der Waals surface area contributed by atoms with Gasteiger partial charge < -0.3 is 10.5 Å². The molecule has 1 atom stereocenters. The molecule has 2 aromatic rings. The Morgan fingerprint density at radius 1 is 1.19 bits per heavy atom. The zero-order valence-corrected chi connectivity index (χ0v) is 13.8. The minimum absolute atomic E-state index is 0.230. The Hall–Kier alpha value is -1.23. The predicted molar refractivity (Wildman–Crippen MR) is 93.3 cm³/mol. The first-order valence-electron chi connectivity index (χ1n) is 7.17. The number of rotatable bonds is 7. The minimum Gasteiger partial charge on any atom is -0.496 e. The van der Waals surface area contributed by atoms with Crippen LogP contribution in [-0.2, 0) is 0 Å². The van der Waals surface area contributed by atoms with Crippen LogP contribution in [0.25, 0.3) is 10.8 Å². The molecule has 4 heteroatoms. The van der Waals surface area contributed by atoms with E-state index in [1.807, 2.05) is 23.9 Å². The molecule has 0 saturated heterocycles. The Bertz CT molecular complexity index is 588. The molecule has 0 amide bonds. The second kappa shape index (κ2) is 7.69. The van der Waals surface area contributed by atoms with E-state index in [1.54, 1.807) is 7.11 Å². The lowest BCUT2D eigenvalue weighted by atomic mass is 9.97. The van der Waals surface area contributed by atoms with E-state index >= 15 is 0 Å². The predicted octanol–water partition coefficient (Wildman–Crippen LogP) is 3.14. The fourth-order valence-corrected chi connectivity index (χ4v) is 3.17. The van der Waals surface area contributed by atoms with Gasteiger partial charge in [0.25, 0.3) is 0 Å². The fourth-order valence-electron chi connectivity index (χ4n) is 2.70. The van der Waals surface area contributed by atoms with Crippen molar-refractivity contribution >= 4 is 22.5 Å². The number of hydrogen-bond acceptors (Lipinski definition) is 4. The van der Waals surface area contributed by atoms with Gasteiger partial charge in [0.1, 0.15) is 5.75 Å². The number of likely N-dealkylation sites (N-methyl/N-ethyl adjacent to an activating group) is 1. The Kier molecular flexibility index (Phi) is 5.91. The van der Waals surface area contributed by atoms with Crippen LogP contribution in [0.4, 0.5) is 0 Å². The van der Waals surface area contributed by atoms with Gasteiger partial charge in [-0.3, -0.25) is 4.90 Å². The van der Waals surface area contributed by atoms with Gasteiger partial charge in [-0.05, 0) is 30.3 Å². The molecule has 1 unspecified atom stereocenters. The third-order valence-corrected chi connectivity index (χ3v) is 4.49. The lowest BCUT2D eigenvalue weighted by Crippen LogP contribution is -2.32. The highest BCUT2D eigenvalue weighted by Gasteiger charge is 2.18. The molecular formula is C17H24N2OS. The smallest absolute Gasteiger partial charge is 0.126 e. The molecule has 2 N–H and O–H groups in total. The molecule has 0 spiro atoms. The monoisotopic (exact) mass is 304 g/mol. The maximum atomic E-state index is 6.06. The molecule has 0 aliphatic heterocycles. The van der Waals surface area contributed by atoms with Crippen LogP contribution >= 0.6 is 11.8 Å². The van der Waals surface area contributed by atoms with Crippen molar-refractivity contribution in [3.05, 3.63) is 42.0 Å². The van der Waals surface area contributed by atoms with E-state index in [0.717, 1.165) is 23.4 Å². The standard InChI is InChI=1S/C17H24N2OS/c1-19(10-11-21-3)16(12-18)14-8-9-17(20-2)15-7-5-4-6-13(14)15/h4-9,16H,10-12,18H2,1-3H3. The van der Waals surface area contributed by atoms with E-state index < -0.39 is 0 Å². The molecule has 2 aromatic carbocycles. The highest BCUT2D eigenvalue weighted by Crippen LogP contribution is 2.33. The van der Waals surface area contributed by atoms with Crippen molar-refractivity contribution in [1.82, 2.24) is 4.90 Å². The van der Waals surface area contributed by atoms with Crippen LogP contribution in [0.5, 0.6) is 5.75 Å². The van der Waals surface area contributed by atoms with E-state index in [2.05, 4.69) is 42.5 Å². The topological polar surface area (TPSA) is 38.5 Å². The summed E-state index contributed by atoms with van der Waals surface area (Å²) in [5.41, 5.74) is 7.33. The summed E-state index contributed by atoms with van der Waals surface area (Å²) in [5, 5.41) is 2.37. The first kappa shape index (κ1) is 16.1. The average molecular weight is 304 g/mol. The molecule has 0 fully saturated rings. The summed E-state index contributed by atoms with van der Waals surface area (Å²) in [6, 6.07) is 12.8. The summed E-state index contributed by atoms with van der Waals surface area (Å²) in [6.07, 6.45) is 2.13. The number of fused-ring (bicyclic) bond motifs is 1. The number of nitrogens with zero attached hydrogens (tertiary/aromatic N) is 1. The largest absolute Gasteiger partial charge is 0.496 e. The Morgan fingerprint density at radius 2 is 1.90 bits per heavy atom. The fraction of sp³-hybridized carbons (Fsp3) is 0.412. The summed E-state index contributed by atoms with van der Waals surface area (Å²) >= 11 is 1.86.